The van der Waals surface area contributed by atoms with Gasteiger partial charge in [-0.15, -0.1) is 0 Å². The van der Waals surface area contributed by atoms with Gasteiger partial charge >= 0.3 is 0 Å². The summed E-state index contributed by atoms with van der Waals surface area (Å²) in [5.74, 6) is 0.0803. The number of carbonyl (C=O) groups is 1. The van der Waals surface area contributed by atoms with Gasteiger partial charge in [-0.1, -0.05) is 24.3 Å². The molecule has 0 spiro atoms. The molecule has 11 heteroatoms. The van der Waals surface area contributed by atoms with E-state index < -0.39 is 22.5 Å². The highest BCUT2D eigenvalue weighted by molar-refractivity contribution is 9.10. The van der Waals surface area contributed by atoms with Crippen molar-refractivity contribution in [3.05, 3.63) is 76.8 Å². The molecule has 9 nitrogen and oxygen atoms in total. The van der Waals surface area contributed by atoms with Crippen LogP contribution in [0.4, 0.5) is 11.4 Å². The first-order valence-electron chi connectivity index (χ1n) is 10.8. The monoisotopic (exact) mass is 574 g/mol. The molecular formula is C25H27BrN4O5S. The number of ether oxygens (including phenoxy) is 2. The summed E-state index contributed by atoms with van der Waals surface area (Å²) < 4.78 is 39.5. The van der Waals surface area contributed by atoms with Crippen LogP contribution in [0.5, 0.6) is 11.5 Å². The number of nitrogens with zero attached hydrogens (tertiary/aromatic N) is 3. The average Bonchev–Trinajstić information content (AvgIpc) is 2.87. The van der Waals surface area contributed by atoms with E-state index in [-0.39, 0.29) is 16.3 Å². The minimum atomic E-state index is -4.11. The fourth-order valence-corrected chi connectivity index (χ4v) is 5.52. The fourth-order valence-electron chi connectivity index (χ4n) is 3.32. The van der Waals surface area contributed by atoms with E-state index in [1.165, 1.54) is 38.6 Å². The van der Waals surface area contributed by atoms with Gasteiger partial charge in [-0.05, 0) is 57.9 Å². The summed E-state index contributed by atoms with van der Waals surface area (Å²) in [5, 5.41) is 4.00. The molecule has 0 atom stereocenters. The largest absolute Gasteiger partial charge is 0.497 e. The van der Waals surface area contributed by atoms with E-state index >= 15 is 0 Å². The summed E-state index contributed by atoms with van der Waals surface area (Å²) in [6.07, 6.45) is 1.48. The fraction of sp³-hybridized carbons (Fsp3) is 0.200. The lowest BCUT2D eigenvalue weighted by molar-refractivity contribution is -0.119. The van der Waals surface area contributed by atoms with Crippen molar-refractivity contribution in [3.8, 4) is 11.5 Å². The van der Waals surface area contributed by atoms with E-state index in [1.54, 1.807) is 30.3 Å². The van der Waals surface area contributed by atoms with Gasteiger partial charge < -0.3 is 14.4 Å². The van der Waals surface area contributed by atoms with E-state index in [0.717, 1.165) is 20.0 Å². The first kappa shape index (κ1) is 27.0. The van der Waals surface area contributed by atoms with Crippen LogP contribution in [0.3, 0.4) is 0 Å². The number of benzene rings is 3. The number of hydrazone groups is 1. The molecule has 0 bridgehead atoms. The number of rotatable bonds is 10. The van der Waals surface area contributed by atoms with Gasteiger partial charge in [-0.3, -0.25) is 9.10 Å². The van der Waals surface area contributed by atoms with Crippen molar-refractivity contribution in [1.82, 2.24) is 5.43 Å². The molecule has 0 unspecified atom stereocenters. The zero-order valence-corrected chi connectivity index (χ0v) is 22.7. The minimum absolute atomic E-state index is 0.0324. The highest BCUT2D eigenvalue weighted by atomic mass is 79.9. The number of amides is 1. The predicted octanol–water partition coefficient (Wildman–Crippen LogP) is 3.88. The highest BCUT2D eigenvalue weighted by Crippen LogP contribution is 2.35. The normalized spacial score (nSPS) is 11.2. The Hall–Kier alpha value is -3.57. The molecule has 3 aromatic rings. The van der Waals surface area contributed by atoms with Crippen LogP contribution < -0.4 is 24.1 Å². The molecule has 1 N–H and O–H groups in total. The lowest BCUT2D eigenvalue weighted by Gasteiger charge is -2.25. The predicted molar refractivity (Wildman–Crippen MR) is 145 cm³/mol. The van der Waals surface area contributed by atoms with Crippen LogP contribution in [0, 0.1) is 0 Å². The van der Waals surface area contributed by atoms with Crippen LogP contribution in [-0.2, 0) is 14.8 Å². The first-order valence-corrected chi connectivity index (χ1v) is 13.0. The van der Waals surface area contributed by atoms with Gasteiger partial charge in [0.2, 0.25) is 0 Å². The van der Waals surface area contributed by atoms with Crippen molar-refractivity contribution >= 4 is 49.4 Å². The number of carbonyl (C=O) groups excluding carboxylic acids is 1. The maximum Gasteiger partial charge on any atom is 0.264 e. The standard InChI is InChI=1S/C25H27BrN4O5S/c1-29(2)22-12-10-18(14-21(22)26)16-27-28-25(31)17-30(36(32,33)20-8-6-5-7-9-20)23-13-11-19(34-3)15-24(23)35-4/h5-16H,17H2,1-4H3,(H,28,31)/b27-16-. The Kier molecular flexibility index (Phi) is 8.94. The second kappa shape index (κ2) is 11.9. The average molecular weight is 575 g/mol. The molecule has 1 amide bonds. The van der Waals surface area contributed by atoms with Crippen molar-refractivity contribution in [1.29, 1.82) is 0 Å². The van der Waals surface area contributed by atoms with Crippen molar-refractivity contribution < 1.29 is 22.7 Å². The maximum atomic E-state index is 13.5. The Morgan fingerprint density at radius 2 is 1.69 bits per heavy atom. The van der Waals surface area contributed by atoms with Crippen molar-refractivity contribution in [2.75, 3.05) is 44.1 Å². The summed E-state index contributed by atoms with van der Waals surface area (Å²) in [4.78, 5) is 14.8. The van der Waals surface area contributed by atoms with Gasteiger partial charge in [-0.2, -0.15) is 5.10 Å². The smallest absolute Gasteiger partial charge is 0.264 e. The maximum absolute atomic E-state index is 13.5. The van der Waals surface area contributed by atoms with E-state index in [9.17, 15) is 13.2 Å². The SMILES string of the molecule is COc1ccc(N(CC(=O)N/N=C\c2ccc(N(C)C)c(Br)c2)S(=O)(=O)c2ccccc2)c(OC)c1. The Morgan fingerprint density at radius 3 is 2.31 bits per heavy atom. The van der Waals surface area contributed by atoms with E-state index in [2.05, 4.69) is 26.5 Å². The third-order valence-electron chi connectivity index (χ3n) is 5.13. The molecule has 0 aromatic heterocycles. The van der Waals surface area contributed by atoms with E-state index in [1.807, 2.05) is 37.2 Å². The summed E-state index contributed by atoms with van der Waals surface area (Å²) in [5.41, 5.74) is 4.33. The first-order chi connectivity index (χ1) is 17.2. The quantitative estimate of drug-likeness (QED) is 0.291. The van der Waals surface area contributed by atoms with Crippen LogP contribution in [0.1, 0.15) is 5.56 Å². The lowest BCUT2D eigenvalue weighted by atomic mass is 10.2. The number of hydrogen-bond acceptors (Lipinski definition) is 7. The molecule has 0 saturated heterocycles. The summed E-state index contributed by atoms with van der Waals surface area (Å²) in [6.45, 7) is -0.527. The van der Waals surface area contributed by atoms with Gasteiger partial charge in [-0.25, -0.2) is 13.8 Å². The second-order valence-corrected chi connectivity index (χ2v) is 10.5. The van der Waals surface area contributed by atoms with E-state index in [4.69, 9.17) is 9.47 Å². The van der Waals surface area contributed by atoms with E-state index in [0.29, 0.717) is 5.75 Å². The number of anilines is 2. The molecule has 0 aliphatic heterocycles. The summed E-state index contributed by atoms with van der Waals surface area (Å²) in [6, 6.07) is 18.2. The van der Waals surface area contributed by atoms with Crippen molar-refractivity contribution in [2.45, 2.75) is 4.90 Å². The van der Waals surface area contributed by atoms with Crippen LogP contribution in [-0.4, -0.2) is 55.4 Å². The Labute approximate surface area is 219 Å². The zero-order chi connectivity index (χ0) is 26.3. The number of hydrogen-bond donors (Lipinski definition) is 1. The molecule has 0 radical (unpaired) electrons. The molecular weight excluding hydrogens is 548 g/mol. The highest BCUT2D eigenvalue weighted by Gasteiger charge is 2.29. The molecule has 36 heavy (non-hydrogen) atoms. The number of nitrogens with one attached hydrogen (secondary N) is 1. The van der Waals surface area contributed by atoms with Gasteiger partial charge in [0.1, 0.15) is 18.0 Å². The number of sulfonamides is 1. The molecule has 0 aliphatic carbocycles. The van der Waals surface area contributed by atoms with Crippen molar-refractivity contribution in [2.24, 2.45) is 5.10 Å². The molecule has 0 aliphatic rings. The van der Waals surface area contributed by atoms with Gasteiger partial charge in [0.05, 0.1) is 36.7 Å². The summed E-state index contributed by atoms with van der Waals surface area (Å²) >= 11 is 3.51. The topological polar surface area (TPSA) is 101 Å². The number of halogens is 1. The Bertz CT molecular complexity index is 1350. The van der Waals surface area contributed by atoms with Crippen LogP contribution in [0.25, 0.3) is 0 Å². The molecule has 0 heterocycles. The molecule has 3 aromatic carbocycles. The molecule has 190 valence electrons. The van der Waals surface area contributed by atoms with Gasteiger partial charge in [0.15, 0.2) is 0 Å². The van der Waals surface area contributed by atoms with Crippen LogP contribution >= 0.6 is 15.9 Å². The van der Waals surface area contributed by atoms with Crippen molar-refractivity contribution in [3.63, 3.8) is 0 Å². The second-order valence-electron chi connectivity index (χ2n) is 7.76. The minimum Gasteiger partial charge on any atom is -0.497 e. The molecule has 0 saturated carbocycles. The third-order valence-corrected chi connectivity index (χ3v) is 7.54. The number of methoxy groups -OCH3 is 2. The Balaban J connectivity index is 1.88. The lowest BCUT2D eigenvalue weighted by Crippen LogP contribution is -2.39. The van der Waals surface area contributed by atoms with Gasteiger partial charge in [0, 0.05) is 24.6 Å². The third kappa shape index (κ3) is 6.35. The van der Waals surface area contributed by atoms with Crippen LogP contribution in [0.15, 0.2) is 81.2 Å². The van der Waals surface area contributed by atoms with Gasteiger partial charge in [0.25, 0.3) is 15.9 Å². The zero-order valence-electron chi connectivity index (χ0n) is 20.3. The molecule has 0 fully saturated rings. The summed E-state index contributed by atoms with van der Waals surface area (Å²) in [7, 11) is 2.66. The Morgan fingerprint density at radius 1 is 1.00 bits per heavy atom. The molecule has 3 rings (SSSR count). The van der Waals surface area contributed by atoms with Crippen LogP contribution in [0.2, 0.25) is 0 Å².